The average molecular weight is 199 g/mol. The van der Waals surface area contributed by atoms with E-state index in [2.05, 4.69) is 4.98 Å². The normalized spacial score (nSPS) is 11.5. The number of aromatic amines is 1. The highest BCUT2D eigenvalue weighted by Crippen LogP contribution is 2.26. The van der Waals surface area contributed by atoms with Crippen molar-refractivity contribution in [2.24, 2.45) is 5.41 Å². The maximum absolute atomic E-state index is 10.8. The first-order chi connectivity index (χ1) is 6.02. The highest BCUT2D eigenvalue weighted by molar-refractivity contribution is 7.99. The Hall–Kier alpha value is -0.900. The smallest absolute Gasteiger partial charge is 0.309 e. The zero-order chi connectivity index (χ0) is 9.90. The Morgan fingerprint density at radius 2 is 2.38 bits per heavy atom. The molecule has 1 aromatic heterocycles. The fourth-order valence-corrected chi connectivity index (χ4v) is 1.69. The van der Waals surface area contributed by atoms with Crippen LogP contribution >= 0.6 is 11.8 Å². The van der Waals surface area contributed by atoms with Gasteiger partial charge in [0, 0.05) is 11.9 Å². The first-order valence-corrected chi connectivity index (χ1v) is 5.00. The van der Waals surface area contributed by atoms with Crippen molar-refractivity contribution in [3.05, 3.63) is 18.3 Å². The summed E-state index contributed by atoms with van der Waals surface area (Å²) in [7, 11) is 0. The summed E-state index contributed by atoms with van der Waals surface area (Å²) in [6.45, 7) is 3.45. The third-order valence-electron chi connectivity index (χ3n) is 1.74. The van der Waals surface area contributed by atoms with Crippen molar-refractivity contribution in [2.45, 2.75) is 18.9 Å². The zero-order valence-electron chi connectivity index (χ0n) is 7.70. The number of carbonyl (C=O) groups is 1. The number of thioether (sulfide) groups is 1. The number of rotatable bonds is 4. The van der Waals surface area contributed by atoms with Crippen molar-refractivity contribution in [2.75, 3.05) is 5.75 Å². The van der Waals surface area contributed by atoms with Gasteiger partial charge < -0.3 is 10.1 Å². The van der Waals surface area contributed by atoms with Gasteiger partial charge in [-0.2, -0.15) is 0 Å². The van der Waals surface area contributed by atoms with Crippen LogP contribution < -0.4 is 0 Å². The lowest BCUT2D eigenvalue weighted by Crippen LogP contribution is -2.26. The number of nitrogens with one attached hydrogen (secondary N) is 1. The van der Waals surface area contributed by atoms with Crippen molar-refractivity contribution in [1.82, 2.24) is 4.98 Å². The Kier molecular flexibility index (Phi) is 3.03. The van der Waals surface area contributed by atoms with Crippen LogP contribution in [0.5, 0.6) is 0 Å². The minimum Gasteiger partial charge on any atom is -0.481 e. The number of aromatic nitrogens is 1. The Balaban J connectivity index is 2.47. The molecule has 0 bridgehead atoms. The lowest BCUT2D eigenvalue weighted by atomic mass is 9.97. The molecule has 0 aliphatic heterocycles. The minimum absolute atomic E-state index is 0.572. The van der Waals surface area contributed by atoms with Gasteiger partial charge in [-0.3, -0.25) is 4.79 Å². The van der Waals surface area contributed by atoms with E-state index < -0.39 is 11.4 Å². The third kappa shape index (κ3) is 2.81. The Labute approximate surface area is 81.5 Å². The summed E-state index contributed by atoms with van der Waals surface area (Å²) >= 11 is 1.53. The molecule has 4 heteroatoms. The van der Waals surface area contributed by atoms with Gasteiger partial charge in [0.2, 0.25) is 0 Å². The van der Waals surface area contributed by atoms with Gasteiger partial charge in [0.05, 0.1) is 10.4 Å². The van der Waals surface area contributed by atoms with E-state index in [1.54, 1.807) is 13.8 Å². The number of aliphatic carboxylic acids is 1. The second-order valence-electron chi connectivity index (χ2n) is 3.51. The van der Waals surface area contributed by atoms with Crippen LogP contribution in [0.2, 0.25) is 0 Å². The van der Waals surface area contributed by atoms with Gasteiger partial charge in [-0.15, -0.1) is 11.8 Å². The van der Waals surface area contributed by atoms with E-state index in [-0.39, 0.29) is 0 Å². The Morgan fingerprint density at radius 1 is 1.69 bits per heavy atom. The summed E-state index contributed by atoms with van der Waals surface area (Å²) in [6.07, 6.45) is 1.83. The van der Waals surface area contributed by atoms with E-state index in [4.69, 9.17) is 5.11 Å². The van der Waals surface area contributed by atoms with Crippen molar-refractivity contribution in [3.63, 3.8) is 0 Å². The van der Waals surface area contributed by atoms with Crippen LogP contribution in [0.4, 0.5) is 0 Å². The first kappa shape index (κ1) is 10.2. The molecule has 0 atom stereocenters. The van der Waals surface area contributed by atoms with Crippen LogP contribution in [0.1, 0.15) is 13.8 Å². The number of H-pyrrole nitrogens is 1. The second kappa shape index (κ2) is 3.87. The van der Waals surface area contributed by atoms with Gasteiger partial charge in [0.1, 0.15) is 0 Å². The molecule has 0 aromatic carbocycles. The van der Waals surface area contributed by atoms with Gasteiger partial charge in [-0.05, 0) is 26.0 Å². The fourth-order valence-electron chi connectivity index (χ4n) is 0.724. The molecule has 3 nitrogen and oxygen atoms in total. The maximum Gasteiger partial charge on any atom is 0.309 e. The highest BCUT2D eigenvalue weighted by Gasteiger charge is 2.27. The number of hydrogen-bond donors (Lipinski definition) is 2. The molecule has 2 N–H and O–H groups in total. The zero-order valence-corrected chi connectivity index (χ0v) is 8.52. The third-order valence-corrected chi connectivity index (χ3v) is 3.17. The Morgan fingerprint density at radius 3 is 2.85 bits per heavy atom. The van der Waals surface area contributed by atoms with E-state index in [0.717, 1.165) is 5.03 Å². The molecule has 0 spiro atoms. The second-order valence-corrected chi connectivity index (χ2v) is 4.53. The van der Waals surface area contributed by atoms with Crippen LogP contribution in [0.15, 0.2) is 23.4 Å². The van der Waals surface area contributed by atoms with Crippen molar-refractivity contribution >= 4 is 17.7 Å². The molecular formula is C9H13NO2S. The molecule has 72 valence electrons. The summed E-state index contributed by atoms with van der Waals surface area (Å²) < 4.78 is 0. The fraction of sp³-hybridized carbons (Fsp3) is 0.444. The topological polar surface area (TPSA) is 53.1 Å². The summed E-state index contributed by atoms with van der Waals surface area (Å²) in [5, 5.41) is 9.85. The van der Waals surface area contributed by atoms with E-state index >= 15 is 0 Å². The quantitative estimate of drug-likeness (QED) is 0.731. The van der Waals surface area contributed by atoms with Crippen LogP contribution in [0, 0.1) is 5.41 Å². The molecule has 1 aromatic rings. The monoisotopic (exact) mass is 199 g/mol. The van der Waals surface area contributed by atoms with Gasteiger partial charge in [-0.1, -0.05) is 0 Å². The van der Waals surface area contributed by atoms with Crippen LogP contribution in [0.25, 0.3) is 0 Å². The van der Waals surface area contributed by atoms with Crippen LogP contribution in [0.3, 0.4) is 0 Å². The van der Waals surface area contributed by atoms with E-state index in [0.29, 0.717) is 5.75 Å². The largest absolute Gasteiger partial charge is 0.481 e. The standard InChI is InChI=1S/C9H13NO2S/c1-9(2,8(11)12)6-13-7-4-3-5-10-7/h3-5,10H,6H2,1-2H3,(H,11,12). The minimum atomic E-state index is -0.758. The van der Waals surface area contributed by atoms with Gasteiger partial charge >= 0.3 is 5.97 Å². The predicted molar refractivity (Wildman–Crippen MR) is 52.9 cm³/mol. The van der Waals surface area contributed by atoms with Gasteiger partial charge in [-0.25, -0.2) is 0 Å². The molecular weight excluding hydrogens is 186 g/mol. The summed E-state index contributed by atoms with van der Waals surface area (Å²) in [5.41, 5.74) is -0.671. The van der Waals surface area contributed by atoms with Crippen molar-refractivity contribution in [3.8, 4) is 0 Å². The molecule has 1 heterocycles. The van der Waals surface area contributed by atoms with Crippen LogP contribution in [-0.4, -0.2) is 21.8 Å². The van der Waals surface area contributed by atoms with Gasteiger partial charge in [0.15, 0.2) is 0 Å². The number of hydrogen-bond acceptors (Lipinski definition) is 2. The van der Waals surface area contributed by atoms with Gasteiger partial charge in [0.25, 0.3) is 0 Å². The summed E-state index contributed by atoms with van der Waals surface area (Å²) in [5.74, 6) is -0.186. The average Bonchev–Trinajstić information content (AvgIpc) is 2.52. The summed E-state index contributed by atoms with van der Waals surface area (Å²) in [6, 6.07) is 3.83. The molecule has 0 aliphatic rings. The van der Waals surface area contributed by atoms with E-state index in [9.17, 15) is 4.79 Å². The molecule has 0 fully saturated rings. The number of carboxylic acid groups (broad SMARTS) is 1. The van der Waals surface area contributed by atoms with E-state index in [1.807, 2.05) is 18.3 Å². The number of carboxylic acids is 1. The predicted octanol–water partition coefficient (Wildman–Crippen LogP) is 2.22. The Bertz CT molecular complexity index is 280. The summed E-state index contributed by atoms with van der Waals surface area (Å²) in [4.78, 5) is 13.8. The van der Waals surface area contributed by atoms with E-state index in [1.165, 1.54) is 11.8 Å². The SMILES string of the molecule is CC(C)(CSc1ccc[nH]1)C(=O)O. The molecule has 1 rings (SSSR count). The molecule has 0 unspecified atom stereocenters. The molecule has 0 amide bonds. The lowest BCUT2D eigenvalue weighted by Gasteiger charge is -2.17. The van der Waals surface area contributed by atoms with Crippen molar-refractivity contribution in [1.29, 1.82) is 0 Å². The molecule has 0 aliphatic carbocycles. The molecule has 0 saturated heterocycles. The molecule has 0 saturated carbocycles. The maximum atomic E-state index is 10.8. The highest BCUT2D eigenvalue weighted by atomic mass is 32.2. The first-order valence-electron chi connectivity index (χ1n) is 4.02. The van der Waals surface area contributed by atoms with Crippen LogP contribution in [-0.2, 0) is 4.79 Å². The molecule has 13 heavy (non-hydrogen) atoms. The van der Waals surface area contributed by atoms with Crippen molar-refractivity contribution < 1.29 is 9.90 Å². The molecule has 0 radical (unpaired) electrons. The lowest BCUT2D eigenvalue weighted by molar-refractivity contribution is -0.145.